The Morgan fingerprint density at radius 1 is 0.396 bits per heavy atom. The number of carboxylic acid groups (broad SMARTS) is 2. The van der Waals surface area contributed by atoms with E-state index >= 15 is 0 Å². The third kappa shape index (κ3) is 33.8. The zero-order chi connectivity index (χ0) is 36.1. The molecule has 0 aliphatic carbocycles. The molecule has 0 radical (unpaired) electrons. The molecular weight excluding hydrogens is 608 g/mol. The van der Waals surface area contributed by atoms with Gasteiger partial charge in [-0.3, -0.25) is 19.2 Å². The van der Waals surface area contributed by atoms with E-state index < -0.39 is 23.8 Å². The van der Waals surface area contributed by atoms with E-state index in [9.17, 15) is 29.4 Å². The highest BCUT2D eigenvalue weighted by molar-refractivity contribution is 5.80. The number of carbonyl (C=O) groups excluding carboxylic acids is 2. The summed E-state index contributed by atoms with van der Waals surface area (Å²) in [6.45, 7) is 9.66. The number of unbranched alkanes of at least 4 members (excludes halogenated alkanes) is 20. The van der Waals surface area contributed by atoms with Crippen LogP contribution in [-0.4, -0.2) is 47.3 Å². The van der Waals surface area contributed by atoms with Crippen LogP contribution in [0.2, 0.25) is 0 Å². The second-order valence-corrected chi connectivity index (χ2v) is 13.5. The van der Waals surface area contributed by atoms with E-state index in [-0.39, 0.29) is 24.8 Å². The summed E-state index contributed by atoms with van der Waals surface area (Å²) < 4.78 is 10.3. The highest BCUT2D eigenvalue weighted by Gasteiger charge is 2.32. The van der Waals surface area contributed by atoms with Crippen LogP contribution in [0.25, 0.3) is 0 Å². The predicted molar refractivity (Wildman–Crippen MR) is 196 cm³/mol. The molecule has 2 N–H and O–H groups in total. The molecule has 0 aromatic carbocycles. The number of carboxylic acids is 2. The first kappa shape index (κ1) is 48.0. The minimum Gasteiger partial charge on any atom is -0.481 e. The maximum atomic E-state index is 11.5. The van der Waals surface area contributed by atoms with Gasteiger partial charge in [-0.1, -0.05) is 169 Å². The SMILES string of the molecule is CCCCCCCCC(C(=O)O)C(CCCCCCCC)C(=O)O.CCCCCCCCOC(=O)CCC(=O)OCCCCCCCC. The van der Waals surface area contributed by atoms with Crippen molar-refractivity contribution in [2.24, 2.45) is 11.8 Å². The van der Waals surface area contributed by atoms with Gasteiger partial charge in [0.2, 0.25) is 0 Å². The molecule has 0 fully saturated rings. The molecule has 0 bridgehead atoms. The van der Waals surface area contributed by atoms with Crippen molar-refractivity contribution in [2.75, 3.05) is 13.2 Å². The number of aliphatic carboxylic acids is 2. The number of hydrogen-bond acceptors (Lipinski definition) is 6. The largest absolute Gasteiger partial charge is 0.481 e. The summed E-state index contributed by atoms with van der Waals surface area (Å²) >= 11 is 0. The summed E-state index contributed by atoms with van der Waals surface area (Å²) in [5.41, 5.74) is 0. The van der Waals surface area contributed by atoms with E-state index in [1.165, 1.54) is 89.9 Å². The molecule has 0 amide bonds. The minimum atomic E-state index is -0.943. The monoisotopic (exact) mass is 685 g/mol. The molecule has 2 atom stereocenters. The van der Waals surface area contributed by atoms with Crippen LogP contribution in [0.1, 0.15) is 207 Å². The summed E-state index contributed by atoms with van der Waals surface area (Å²) in [6, 6.07) is 0. The third-order valence-electron chi connectivity index (χ3n) is 8.91. The highest BCUT2D eigenvalue weighted by atomic mass is 16.5. The standard InChI is InChI=1S/2C20H38O4/c1-3-5-7-9-11-13-17-23-19(21)15-16-20(22)24-18-14-12-10-8-6-4-2;1-3-5-7-9-11-13-15-17(19(21)22)18(20(23)24)16-14-12-10-8-6-4-2/h3-18H2,1-2H3;17-18H,3-16H2,1-2H3,(H,21,22)(H,23,24). The van der Waals surface area contributed by atoms with Crippen LogP contribution in [0.15, 0.2) is 0 Å². The molecule has 0 saturated heterocycles. The Balaban J connectivity index is 0. The molecule has 0 aliphatic rings. The van der Waals surface area contributed by atoms with E-state index in [4.69, 9.17) is 9.47 Å². The summed E-state index contributed by atoms with van der Waals surface area (Å²) in [7, 11) is 0. The Morgan fingerprint density at radius 2 is 0.646 bits per heavy atom. The van der Waals surface area contributed by atoms with Gasteiger partial charge in [-0.25, -0.2) is 0 Å². The molecule has 0 aliphatic heterocycles. The van der Waals surface area contributed by atoms with Crippen LogP contribution >= 0.6 is 0 Å². The lowest BCUT2D eigenvalue weighted by atomic mass is 9.84. The van der Waals surface area contributed by atoms with Crippen molar-refractivity contribution < 1.29 is 38.9 Å². The van der Waals surface area contributed by atoms with Crippen LogP contribution in [0.4, 0.5) is 0 Å². The fourth-order valence-electron chi connectivity index (χ4n) is 5.77. The van der Waals surface area contributed by atoms with Gasteiger partial charge in [0.15, 0.2) is 0 Å². The number of rotatable bonds is 34. The molecule has 0 spiro atoms. The lowest BCUT2D eigenvalue weighted by Gasteiger charge is -2.20. The zero-order valence-electron chi connectivity index (χ0n) is 31.7. The highest BCUT2D eigenvalue weighted by Crippen LogP contribution is 2.26. The van der Waals surface area contributed by atoms with Crippen molar-refractivity contribution in [2.45, 2.75) is 207 Å². The fourth-order valence-corrected chi connectivity index (χ4v) is 5.77. The maximum Gasteiger partial charge on any atom is 0.307 e. The quantitative estimate of drug-likeness (QED) is 0.0506. The Hall–Kier alpha value is -2.12. The van der Waals surface area contributed by atoms with Gasteiger partial charge in [0.25, 0.3) is 0 Å². The van der Waals surface area contributed by atoms with Gasteiger partial charge in [0.1, 0.15) is 0 Å². The lowest BCUT2D eigenvalue weighted by molar-refractivity contribution is -0.154. The molecule has 0 saturated carbocycles. The van der Waals surface area contributed by atoms with Gasteiger partial charge in [0.05, 0.1) is 37.9 Å². The van der Waals surface area contributed by atoms with Gasteiger partial charge >= 0.3 is 23.9 Å². The van der Waals surface area contributed by atoms with E-state index in [0.29, 0.717) is 26.1 Å². The molecule has 8 nitrogen and oxygen atoms in total. The van der Waals surface area contributed by atoms with E-state index in [0.717, 1.165) is 64.2 Å². The molecular formula is C40H76O8. The van der Waals surface area contributed by atoms with Crippen molar-refractivity contribution in [3.8, 4) is 0 Å². The minimum absolute atomic E-state index is 0.130. The average molecular weight is 685 g/mol. The summed E-state index contributed by atoms with van der Waals surface area (Å²) in [6.07, 6.45) is 28.3. The Morgan fingerprint density at radius 3 is 0.917 bits per heavy atom. The van der Waals surface area contributed by atoms with Gasteiger partial charge in [-0.2, -0.15) is 0 Å². The normalized spacial score (nSPS) is 12.1. The smallest absolute Gasteiger partial charge is 0.307 e. The fraction of sp³-hybridized carbons (Fsp3) is 0.900. The predicted octanol–water partition coefficient (Wildman–Crippen LogP) is 11.5. The van der Waals surface area contributed by atoms with Crippen molar-refractivity contribution in [1.29, 1.82) is 0 Å². The average Bonchev–Trinajstić information content (AvgIpc) is 3.06. The maximum absolute atomic E-state index is 11.5. The van der Waals surface area contributed by atoms with Gasteiger partial charge in [-0.05, 0) is 25.7 Å². The summed E-state index contributed by atoms with van der Waals surface area (Å²) in [5, 5.41) is 18.9. The van der Waals surface area contributed by atoms with Gasteiger partial charge in [0, 0.05) is 0 Å². The Labute approximate surface area is 294 Å². The number of ether oxygens (including phenoxy) is 2. The van der Waals surface area contributed by atoms with Crippen LogP contribution in [0.5, 0.6) is 0 Å². The van der Waals surface area contributed by atoms with Gasteiger partial charge in [-0.15, -0.1) is 0 Å². The second kappa shape index (κ2) is 37.7. The second-order valence-electron chi connectivity index (χ2n) is 13.5. The molecule has 0 aromatic rings. The first-order valence-electron chi connectivity index (χ1n) is 20.0. The Kier molecular flexibility index (Phi) is 37.7. The molecule has 8 heteroatoms. The number of carbonyl (C=O) groups is 4. The zero-order valence-corrected chi connectivity index (χ0v) is 31.7. The molecule has 0 aromatic heterocycles. The molecule has 48 heavy (non-hydrogen) atoms. The van der Waals surface area contributed by atoms with Crippen LogP contribution in [0.3, 0.4) is 0 Å². The molecule has 0 rings (SSSR count). The summed E-state index contributed by atoms with van der Waals surface area (Å²) in [4.78, 5) is 46.1. The molecule has 284 valence electrons. The van der Waals surface area contributed by atoms with Crippen LogP contribution in [0, 0.1) is 11.8 Å². The van der Waals surface area contributed by atoms with Crippen LogP contribution < -0.4 is 0 Å². The van der Waals surface area contributed by atoms with Crippen molar-refractivity contribution in [3.63, 3.8) is 0 Å². The first-order chi connectivity index (χ1) is 23.2. The van der Waals surface area contributed by atoms with E-state index in [1.807, 2.05) is 0 Å². The first-order valence-corrected chi connectivity index (χ1v) is 20.0. The van der Waals surface area contributed by atoms with Crippen molar-refractivity contribution >= 4 is 23.9 Å². The van der Waals surface area contributed by atoms with Crippen molar-refractivity contribution in [3.05, 3.63) is 0 Å². The van der Waals surface area contributed by atoms with E-state index in [2.05, 4.69) is 27.7 Å². The number of esters is 2. The Bertz CT molecular complexity index is 692. The molecule has 0 heterocycles. The molecule has 2 unspecified atom stereocenters. The third-order valence-corrected chi connectivity index (χ3v) is 8.91. The van der Waals surface area contributed by atoms with Crippen LogP contribution in [-0.2, 0) is 28.7 Å². The number of hydrogen-bond donors (Lipinski definition) is 2. The lowest BCUT2D eigenvalue weighted by Crippen LogP contribution is -2.30. The topological polar surface area (TPSA) is 127 Å². The van der Waals surface area contributed by atoms with E-state index in [1.54, 1.807) is 0 Å². The van der Waals surface area contributed by atoms with Crippen molar-refractivity contribution in [1.82, 2.24) is 0 Å². The van der Waals surface area contributed by atoms with Gasteiger partial charge < -0.3 is 19.7 Å². The summed E-state index contributed by atoms with van der Waals surface area (Å²) in [5.74, 6) is -3.93.